The molecule has 0 radical (unpaired) electrons. The number of phenols is 1. The fourth-order valence-corrected chi connectivity index (χ4v) is 3.50. The van der Waals surface area contributed by atoms with Crippen LogP contribution in [0.15, 0.2) is 4.99 Å². The van der Waals surface area contributed by atoms with Gasteiger partial charge in [0.1, 0.15) is 5.75 Å². The molecule has 1 aromatic carbocycles. The summed E-state index contributed by atoms with van der Waals surface area (Å²) in [5.41, 5.74) is 3.05. The molecule has 0 aromatic heterocycles. The number of isocyanates is 1. The lowest BCUT2D eigenvalue weighted by molar-refractivity contribution is 0.444. The van der Waals surface area contributed by atoms with Gasteiger partial charge in [-0.05, 0) is 55.9 Å². The van der Waals surface area contributed by atoms with Gasteiger partial charge in [0, 0.05) is 0 Å². The third-order valence-electron chi connectivity index (χ3n) is 4.36. The number of carbonyl (C=O) groups excluding carboxylic acids is 1. The van der Waals surface area contributed by atoms with Crippen LogP contribution < -0.4 is 0 Å². The minimum Gasteiger partial charge on any atom is -0.506 e. The first-order valence-electron chi connectivity index (χ1n) is 6.52. The molecule has 0 aliphatic heterocycles. The Bertz CT molecular complexity index is 539. The van der Waals surface area contributed by atoms with Gasteiger partial charge in [0.05, 0.1) is 10.6 Å². The van der Waals surface area contributed by atoms with Gasteiger partial charge in [0.2, 0.25) is 6.08 Å². The van der Waals surface area contributed by atoms with Crippen molar-refractivity contribution in [2.45, 2.75) is 52.0 Å². The number of benzene rings is 1. The predicted octanol–water partition coefficient (Wildman–Crippen LogP) is 4.08. The summed E-state index contributed by atoms with van der Waals surface area (Å²) in [4.78, 5) is 14.9. The minimum absolute atomic E-state index is 0.128. The highest BCUT2D eigenvalue weighted by molar-refractivity contribution is 6.33. The second-order valence-corrected chi connectivity index (χ2v) is 5.73. The summed E-state index contributed by atoms with van der Waals surface area (Å²) in [5, 5.41) is 10.4. The van der Waals surface area contributed by atoms with E-state index in [4.69, 9.17) is 11.6 Å². The van der Waals surface area contributed by atoms with E-state index in [1.807, 2.05) is 20.8 Å². The maximum atomic E-state index is 10.8. The van der Waals surface area contributed by atoms with Gasteiger partial charge in [-0.1, -0.05) is 24.4 Å². The Hall–Kier alpha value is -1.31. The molecule has 19 heavy (non-hydrogen) atoms. The number of rotatable bonds is 2. The van der Waals surface area contributed by atoms with Gasteiger partial charge in [-0.3, -0.25) is 0 Å². The summed E-state index contributed by atoms with van der Waals surface area (Å²) in [7, 11) is 0. The predicted molar refractivity (Wildman–Crippen MR) is 75.6 cm³/mol. The van der Waals surface area contributed by atoms with Crippen LogP contribution in [-0.4, -0.2) is 11.2 Å². The molecule has 0 unspecified atom stereocenters. The molecule has 0 spiro atoms. The second-order valence-electron chi connectivity index (χ2n) is 5.35. The van der Waals surface area contributed by atoms with Crippen LogP contribution in [0.4, 0.5) is 0 Å². The summed E-state index contributed by atoms with van der Waals surface area (Å²) in [6.07, 6.45) is 5.49. The Morgan fingerprint density at radius 2 is 1.74 bits per heavy atom. The molecular formula is C15H18ClNO2. The number of aromatic hydroxyl groups is 1. The van der Waals surface area contributed by atoms with Crippen LogP contribution in [0, 0.1) is 20.8 Å². The van der Waals surface area contributed by atoms with Gasteiger partial charge in [-0.25, -0.2) is 4.79 Å². The number of hydrogen-bond acceptors (Lipinski definition) is 3. The number of hydrogen-bond donors (Lipinski definition) is 1. The van der Waals surface area contributed by atoms with Crippen LogP contribution in [0.1, 0.15) is 47.9 Å². The fraction of sp³-hybridized carbons (Fsp3) is 0.533. The molecule has 0 heterocycles. The molecule has 2 rings (SSSR count). The van der Waals surface area contributed by atoms with Crippen LogP contribution in [0.5, 0.6) is 5.75 Å². The highest BCUT2D eigenvalue weighted by Gasteiger charge is 2.39. The summed E-state index contributed by atoms with van der Waals surface area (Å²) in [5.74, 6) is 0.128. The van der Waals surface area contributed by atoms with Crippen molar-refractivity contribution in [3.05, 3.63) is 27.3 Å². The van der Waals surface area contributed by atoms with Gasteiger partial charge in [-0.2, -0.15) is 4.99 Å². The van der Waals surface area contributed by atoms with Crippen molar-refractivity contribution in [1.29, 1.82) is 0 Å². The highest BCUT2D eigenvalue weighted by atomic mass is 35.5. The van der Waals surface area contributed by atoms with E-state index in [9.17, 15) is 9.90 Å². The van der Waals surface area contributed by atoms with E-state index < -0.39 is 5.54 Å². The molecule has 1 aliphatic rings. The zero-order valence-corrected chi connectivity index (χ0v) is 12.3. The van der Waals surface area contributed by atoms with Crippen molar-refractivity contribution in [2.24, 2.45) is 4.99 Å². The Balaban J connectivity index is 2.78. The van der Waals surface area contributed by atoms with Gasteiger partial charge >= 0.3 is 0 Å². The molecule has 1 N–H and O–H groups in total. The first-order chi connectivity index (χ1) is 8.94. The molecule has 0 saturated heterocycles. The van der Waals surface area contributed by atoms with Crippen molar-refractivity contribution in [3.8, 4) is 5.75 Å². The van der Waals surface area contributed by atoms with Crippen molar-refractivity contribution in [1.82, 2.24) is 0 Å². The van der Waals surface area contributed by atoms with Crippen LogP contribution in [0.3, 0.4) is 0 Å². The van der Waals surface area contributed by atoms with Crippen LogP contribution in [0.25, 0.3) is 0 Å². The van der Waals surface area contributed by atoms with E-state index in [2.05, 4.69) is 4.99 Å². The number of aliphatic imine (C=N–C) groups is 1. The minimum atomic E-state index is -0.502. The molecule has 0 atom stereocenters. The average Bonchev–Trinajstić information content (AvgIpc) is 2.84. The smallest absolute Gasteiger partial charge is 0.235 e. The van der Waals surface area contributed by atoms with Crippen LogP contribution in [0.2, 0.25) is 5.02 Å². The quantitative estimate of drug-likeness (QED) is 0.655. The zero-order valence-electron chi connectivity index (χ0n) is 11.5. The average molecular weight is 280 g/mol. The molecule has 0 bridgehead atoms. The summed E-state index contributed by atoms with van der Waals surface area (Å²) in [6.45, 7) is 5.67. The first kappa shape index (κ1) is 14.1. The second kappa shape index (κ2) is 4.99. The molecule has 1 aromatic rings. The fourth-order valence-electron chi connectivity index (χ4n) is 3.26. The molecule has 1 aliphatic carbocycles. The molecule has 0 amide bonds. The Morgan fingerprint density at radius 3 is 2.26 bits per heavy atom. The highest BCUT2D eigenvalue weighted by Crippen LogP contribution is 2.48. The lowest BCUT2D eigenvalue weighted by atomic mass is 9.81. The standard InChI is InChI=1S/C15H18ClNO2/c1-9-10(2)14(19)13(16)11(3)12(9)15(17-8-18)6-4-5-7-15/h19H,4-7H2,1-3H3. The Labute approximate surface area is 118 Å². The monoisotopic (exact) mass is 279 g/mol. The Kier molecular flexibility index (Phi) is 3.71. The molecule has 1 fully saturated rings. The lowest BCUT2D eigenvalue weighted by Gasteiger charge is -2.29. The number of nitrogens with zero attached hydrogens (tertiary/aromatic N) is 1. The van der Waals surface area contributed by atoms with Crippen molar-refractivity contribution < 1.29 is 9.90 Å². The van der Waals surface area contributed by atoms with E-state index in [0.29, 0.717) is 5.02 Å². The normalized spacial score (nSPS) is 17.3. The van der Waals surface area contributed by atoms with Gasteiger partial charge in [-0.15, -0.1) is 0 Å². The zero-order chi connectivity index (χ0) is 14.2. The molecule has 4 heteroatoms. The van der Waals surface area contributed by atoms with Crippen molar-refractivity contribution in [2.75, 3.05) is 0 Å². The van der Waals surface area contributed by atoms with Crippen LogP contribution >= 0.6 is 11.6 Å². The van der Waals surface area contributed by atoms with E-state index in [1.165, 1.54) is 0 Å². The maximum Gasteiger partial charge on any atom is 0.235 e. The van der Waals surface area contributed by atoms with E-state index in [-0.39, 0.29) is 5.75 Å². The Morgan fingerprint density at radius 1 is 1.16 bits per heavy atom. The lowest BCUT2D eigenvalue weighted by Crippen LogP contribution is -2.22. The maximum absolute atomic E-state index is 10.8. The summed E-state index contributed by atoms with van der Waals surface area (Å²) in [6, 6.07) is 0. The first-order valence-corrected chi connectivity index (χ1v) is 6.90. The van der Waals surface area contributed by atoms with E-state index >= 15 is 0 Å². The van der Waals surface area contributed by atoms with Crippen LogP contribution in [-0.2, 0) is 10.3 Å². The van der Waals surface area contributed by atoms with Gasteiger partial charge < -0.3 is 5.11 Å². The topological polar surface area (TPSA) is 49.7 Å². The molecular weight excluding hydrogens is 262 g/mol. The number of phenolic OH excluding ortho intramolecular Hbond substituents is 1. The molecule has 1 saturated carbocycles. The van der Waals surface area contributed by atoms with Gasteiger partial charge in [0.25, 0.3) is 0 Å². The third-order valence-corrected chi connectivity index (χ3v) is 4.82. The molecule has 102 valence electrons. The SMILES string of the molecule is Cc1c(C)c(C2(N=C=O)CCCC2)c(C)c(Cl)c1O. The largest absolute Gasteiger partial charge is 0.506 e. The van der Waals surface area contributed by atoms with Crippen molar-refractivity contribution in [3.63, 3.8) is 0 Å². The van der Waals surface area contributed by atoms with Gasteiger partial charge in [0.15, 0.2) is 0 Å². The molecule has 3 nitrogen and oxygen atoms in total. The third kappa shape index (κ3) is 2.07. The summed E-state index contributed by atoms with van der Waals surface area (Å²) < 4.78 is 0. The van der Waals surface area contributed by atoms with E-state index in [1.54, 1.807) is 6.08 Å². The number of halogens is 1. The summed E-state index contributed by atoms with van der Waals surface area (Å²) >= 11 is 6.21. The van der Waals surface area contributed by atoms with E-state index in [0.717, 1.165) is 47.9 Å². The van der Waals surface area contributed by atoms with Crippen molar-refractivity contribution >= 4 is 17.7 Å².